The number of esters is 1. The van der Waals surface area contributed by atoms with Crippen molar-refractivity contribution >= 4 is 35.0 Å². The number of amides is 1. The topological polar surface area (TPSA) is 67.4 Å². The van der Waals surface area contributed by atoms with Gasteiger partial charge in [0.1, 0.15) is 0 Å². The molecule has 0 aliphatic carbocycles. The number of thiophene rings is 1. The maximum atomic E-state index is 12.2. The van der Waals surface area contributed by atoms with Gasteiger partial charge in [-0.25, -0.2) is 0 Å². The number of ether oxygens (including phenoxy) is 1. The summed E-state index contributed by atoms with van der Waals surface area (Å²) in [6, 6.07) is 3.32. The van der Waals surface area contributed by atoms with E-state index in [0.717, 1.165) is 22.9 Å². The van der Waals surface area contributed by atoms with Gasteiger partial charge in [0.15, 0.2) is 0 Å². The predicted molar refractivity (Wildman–Crippen MR) is 81.0 cm³/mol. The van der Waals surface area contributed by atoms with Crippen molar-refractivity contribution in [2.45, 2.75) is 18.5 Å². The molecule has 1 aliphatic rings. The van der Waals surface area contributed by atoms with Crippen LogP contribution in [0.3, 0.4) is 0 Å². The van der Waals surface area contributed by atoms with Crippen molar-refractivity contribution < 1.29 is 14.3 Å². The van der Waals surface area contributed by atoms with Crippen LogP contribution in [-0.4, -0.2) is 43.1 Å². The first kappa shape index (κ1) is 15.3. The Kier molecular flexibility index (Phi) is 5.87. The van der Waals surface area contributed by atoms with Gasteiger partial charge in [-0.15, -0.1) is 11.3 Å². The van der Waals surface area contributed by atoms with Crippen LogP contribution >= 0.6 is 23.1 Å². The summed E-state index contributed by atoms with van der Waals surface area (Å²) in [7, 11) is 1.36. The molecule has 1 amide bonds. The Morgan fingerprint density at radius 2 is 2.45 bits per heavy atom. The average molecular weight is 314 g/mol. The molecule has 1 fully saturated rings. The number of carbonyl (C=O) groups is 2. The first-order chi connectivity index (χ1) is 9.70. The fourth-order valence-electron chi connectivity index (χ4n) is 1.97. The van der Waals surface area contributed by atoms with Crippen molar-refractivity contribution in [1.29, 1.82) is 0 Å². The van der Waals surface area contributed by atoms with Crippen molar-refractivity contribution in [3.8, 4) is 0 Å². The minimum Gasteiger partial charge on any atom is -0.469 e. The third kappa shape index (κ3) is 4.22. The summed E-state index contributed by atoms with van der Waals surface area (Å²) in [5.41, 5.74) is 0. The third-order valence-electron chi connectivity index (χ3n) is 3.04. The van der Waals surface area contributed by atoms with Gasteiger partial charge in [0.05, 0.1) is 25.6 Å². The molecule has 5 nitrogen and oxygen atoms in total. The summed E-state index contributed by atoms with van der Waals surface area (Å²) >= 11 is 3.29. The molecule has 0 aromatic carbocycles. The molecule has 0 radical (unpaired) electrons. The number of nitrogens with one attached hydrogen (secondary N) is 2. The Hall–Kier alpha value is -1.05. The maximum Gasteiger partial charge on any atom is 0.307 e. The normalized spacial score (nSPS) is 20.1. The molecule has 1 aliphatic heterocycles. The molecular formula is C13H18N2O3S2. The highest BCUT2D eigenvalue weighted by molar-refractivity contribution is 7.99. The summed E-state index contributed by atoms with van der Waals surface area (Å²) < 4.78 is 4.70. The predicted octanol–water partition coefficient (Wildman–Crippen LogP) is 1.17. The van der Waals surface area contributed by atoms with Gasteiger partial charge < -0.3 is 15.4 Å². The molecule has 2 rings (SSSR count). The van der Waals surface area contributed by atoms with Gasteiger partial charge in [0.25, 0.3) is 0 Å². The van der Waals surface area contributed by atoms with E-state index in [1.54, 1.807) is 11.8 Å². The molecule has 20 heavy (non-hydrogen) atoms. The molecular weight excluding hydrogens is 296 g/mol. The maximum absolute atomic E-state index is 12.2. The van der Waals surface area contributed by atoms with Crippen LogP contribution in [0.1, 0.15) is 17.3 Å². The lowest BCUT2D eigenvalue weighted by molar-refractivity contribution is -0.141. The van der Waals surface area contributed by atoms with Crippen LogP contribution < -0.4 is 10.6 Å². The fourth-order valence-corrected chi connectivity index (χ4v) is 3.68. The summed E-state index contributed by atoms with van der Waals surface area (Å²) in [6.45, 7) is 0.837. The Morgan fingerprint density at radius 1 is 1.60 bits per heavy atom. The number of thioether (sulfide) groups is 1. The summed E-state index contributed by atoms with van der Waals surface area (Å²) in [5, 5.41) is 8.07. The molecule has 7 heteroatoms. The van der Waals surface area contributed by atoms with Crippen molar-refractivity contribution in [2.75, 3.05) is 25.2 Å². The van der Waals surface area contributed by atoms with Gasteiger partial charge in [-0.1, -0.05) is 6.07 Å². The van der Waals surface area contributed by atoms with Gasteiger partial charge in [0.2, 0.25) is 5.91 Å². The standard InChI is InChI=1S/C13H18N2O3S2/c1-18-12(16)7-9(11-3-2-5-20-11)15-13(17)10-8-19-6-4-14-10/h2-3,5,9-10,14H,4,6-8H2,1H3,(H,15,17). The van der Waals surface area contributed by atoms with E-state index in [0.29, 0.717) is 0 Å². The molecule has 2 heterocycles. The van der Waals surface area contributed by atoms with Gasteiger partial charge in [-0.05, 0) is 11.4 Å². The van der Waals surface area contributed by atoms with Crippen LogP contribution in [0.25, 0.3) is 0 Å². The highest BCUT2D eigenvalue weighted by Crippen LogP contribution is 2.23. The summed E-state index contributed by atoms with van der Waals surface area (Å²) in [5.74, 6) is 1.41. The van der Waals surface area contributed by atoms with Gasteiger partial charge in [-0.2, -0.15) is 11.8 Å². The zero-order valence-corrected chi connectivity index (χ0v) is 12.9. The molecule has 2 unspecified atom stereocenters. The molecule has 0 bridgehead atoms. The molecule has 1 saturated heterocycles. The van der Waals surface area contributed by atoms with Crippen LogP contribution in [0.2, 0.25) is 0 Å². The summed E-state index contributed by atoms with van der Waals surface area (Å²) in [4.78, 5) is 24.7. The van der Waals surface area contributed by atoms with E-state index >= 15 is 0 Å². The quantitative estimate of drug-likeness (QED) is 0.799. The monoisotopic (exact) mass is 314 g/mol. The van der Waals surface area contributed by atoms with Crippen molar-refractivity contribution in [2.24, 2.45) is 0 Å². The van der Waals surface area contributed by atoms with Crippen LogP contribution in [-0.2, 0) is 14.3 Å². The molecule has 0 saturated carbocycles. The van der Waals surface area contributed by atoms with E-state index in [2.05, 4.69) is 10.6 Å². The Balaban J connectivity index is 1.99. The minimum atomic E-state index is -0.324. The van der Waals surface area contributed by atoms with Crippen LogP contribution in [0.5, 0.6) is 0 Å². The molecule has 0 spiro atoms. The van der Waals surface area contributed by atoms with Crippen molar-refractivity contribution in [1.82, 2.24) is 10.6 Å². The second kappa shape index (κ2) is 7.66. The molecule has 1 aromatic heterocycles. The highest BCUT2D eigenvalue weighted by atomic mass is 32.2. The third-order valence-corrected chi connectivity index (χ3v) is 5.09. The van der Waals surface area contributed by atoms with Crippen LogP contribution in [0.15, 0.2) is 17.5 Å². The number of hydrogen-bond acceptors (Lipinski definition) is 6. The first-order valence-electron chi connectivity index (χ1n) is 6.42. The SMILES string of the molecule is COC(=O)CC(NC(=O)C1CSCCN1)c1cccs1. The minimum absolute atomic E-state index is 0.0560. The Labute approximate surface area is 126 Å². The second-order valence-corrected chi connectivity index (χ2v) is 6.57. The molecule has 1 aromatic rings. The van der Waals surface area contributed by atoms with Gasteiger partial charge >= 0.3 is 5.97 Å². The van der Waals surface area contributed by atoms with Crippen molar-refractivity contribution in [3.05, 3.63) is 22.4 Å². The van der Waals surface area contributed by atoms with E-state index in [4.69, 9.17) is 4.74 Å². The van der Waals surface area contributed by atoms with Crippen LogP contribution in [0.4, 0.5) is 0 Å². The zero-order valence-electron chi connectivity index (χ0n) is 11.3. The van der Waals surface area contributed by atoms with E-state index < -0.39 is 0 Å². The number of rotatable bonds is 5. The lowest BCUT2D eigenvalue weighted by atomic mass is 10.1. The van der Waals surface area contributed by atoms with Gasteiger partial charge in [-0.3, -0.25) is 9.59 Å². The smallest absolute Gasteiger partial charge is 0.307 e. The van der Waals surface area contributed by atoms with E-state index in [1.807, 2.05) is 17.5 Å². The largest absolute Gasteiger partial charge is 0.469 e. The Morgan fingerprint density at radius 3 is 3.05 bits per heavy atom. The lowest BCUT2D eigenvalue weighted by Gasteiger charge is -2.25. The number of carbonyl (C=O) groups excluding carboxylic acids is 2. The van der Waals surface area contributed by atoms with E-state index in [9.17, 15) is 9.59 Å². The second-order valence-electron chi connectivity index (χ2n) is 4.44. The number of hydrogen-bond donors (Lipinski definition) is 2. The molecule has 2 atom stereocenters. The average Bonchev–Trinajstić information content (AvgIpc) is 3.01. The first-order valence-corrected chi connectivity index (χ1v) is 8.46. The Bertz CT molecular complexity index is 444. The van der Waals surface area contributed by atoms with E-state index in [-0.39, 0.29) is 30.4 Å². The highest BCUT2D eigenvalue weighted by Gasteiger charge is 2.25. The van der Waals surface area contributed by atoms with Crippen molar-refractivity contribution in [3.63, 3.8) is 0 Å². The van der Waals surface area contributed by atoms with E-state index in [1.165, 1.54) is 18.4 Å². The number of methoxy groups -OCH3 is 1. The van der Waals surface area contributed by atoms with Gasteiger partial charge in [0, 0.05) is 22.9 Å². The summed E-state index contributed by atoms with van der Waals surface area (Å²) in [6.07, 6.45) is 0.155. The zero-order chi connectivity index (χ0) is 14.4. The fraction of sp³-hybridized carbons (Fsp3) is 0.538. The van der Waals surface area contributed by atoms with Crippen LogP contribution in [0, 0.1) is 0 Å². The lowest BCUT2D eigenvalue weighted by Crippen LogP contribution is -2.49. The molecule has 110 valence electrons. The molecule has 2 N–H and O–H groups in total.